The van der Waals surface area contributed by atoms with E-state index in [1.54, 1.807) is 11.1 Å². The van der Waals surface area contributed by atoms with Crippen LogP contribution in [0.3, 0.4) is 0 Å². The molecule has 0 aromatic carbocycles. The second kappa shape index (κ2) is 8.74. The molecule has 0 unspecified atom stereocenters. The molecule has 1 fully saturated rings. The van der Waals surface area contributed by atoms with Gasteiger partial charge in [0.15, 0.2) is 0 Å². The Kier molecular flexibility index (Phi) is 6.14. The van der Waals surface area contributed by atoms with Gasteiger partial charge in [0.25, 0.3) is 0 Å². The molecule has 8 nitrogen and oxygen atoms in total. The molecule has 148 valence electrons. The Bertz CT molecular complexity index is 901. The van der Waals surface area contributed by atoms with Crippen LogP contribution in [0.1, 0.15) is 43.5 Å². The molecule has 0 saturated carbocycles. The highest BCUT2D eigenvalue weighted by molar-refractivity contribution is 6.04. The average molecular weight is 383 g/mol. The number of aromatic amines is 1. The van der Waals surface area contributed by atoms with Gasteiger partial charge in [0, 0.05) is 36.9 Å². The number of piperidine rings is 1. The van der Waals surface area contributed by atoms with Crippen molar-refractivity contribution in [2.45, 2.75) is 39.2 Å². The molecular formula is C20H25N5O3. The fourth-order valence-electron chi connectivity index (χ4n) is 3.44. The Balaban J connectivity index is 1.89. The van der Waals surface area contributed by atoms with E-state index >= 15 is 0 Å². The zero-order valence-electron chi connectivity index (χ0n) is 16.2. The van der Waals surface area contributed by atoms with Crippen LogP contribution in [0.2, 0.25) is 0 Å². The fraction of sp³-hybridized carbons (Fsp3) is 0.500. The van der Waals surface area contributed by atoms with E-state index in [0.717, 1.165) is 18.2 Å². The normalized spacial score (nSPS) is 19.2. The Morgan fingerprint density at radius 1 is 1.50 bits per heavy atom. The minimum Gasteiger partial charge on any atom is -0.462 e. The Morgan fingerprint density at radius 3 is 3.07 bits per heavy atom. The molecule has 8 heteroatoms. The van der Waals surface area contributed by atoms with Crippen molar-refractivity contribution in [2.24, 2.45) is 5.92 Å². The third-order valence-electron chi connectivity index (χ3n) is 5.11. The summed E-state index contributed by atoms with van der Waals surface area (Å²) in [5.41, 5.74) is 1.72. The summed E-state index contributed by atoms with van der Waals surface area (Å²) in [6, 6.07) is 3.74. The van der Waals surface area contributed by atoms with Crippen LogP contribution in [0.25, 0.3) is 11.0 Å². The summed E-state index contributed by atoms with van der Waals surface area (Å²) in [6.45, 7) is 5.53. The summed E-state index contributed by atoms with van der Waals surface area (Å²) in [5.74, 6) is -0.279. The minimum absolute atomic E-state index is 0.0467. The van der Waals surface area contributed by atoms with Gasteiger partial charge in [0.2, 0.25) is 5.91 Å². The number of carbonyl (C=O) groups excluding carboxylic acids is 2. The summed E-state index contributed by atoms with van der Waals surface area (Å²) in [4.78, 5) is 33.8. The van der Waals surface area contributed by atoms with Gasteiger partial charge in [-0.1, -0.05) is 13.8 Å². The molecule has 0 radical (unpaired) electrons. The number of aromatic nitrogens is 2. The number of pyridine rings is 1. The number of esters is 1. The van der Waals surface area contributed by atoms with E-state index in [9.17, 15) is 9.59 Å². The highest BCUT2D eigenvalue weighted by Crippen LogP contribution is 2.30. The number of carbonyl (C=O) groups is 2. The van der Waals surface area contributed by atoms with Crippen LogP contribution in [-0.2, 0) is 9.53 Å². The number of H-pyrrole nitrogens is 1. The summed E-state index contributed by atoms with van der Waals surface area (Å²) in [6.07, 6.45) is 4.74. The molecule has 1 amide bonds. The number of ether oxygens (including phenoxy) is 1. The monoisotopic (exact) mass is 383 g/mol. The number of nitrogens with zero attached hydrogens (tertiary/aromatic N) is 3. The van der Waals surface area contributed by atoms with E-state index in [4.69, 9.17) is 10.00 Å². The second-order valence-electron chi connectivity index (χ2n) is 7.11. The van der Waals surface area contributed by atoms with E-state index < -0.39 is 5.97 Å². The molecule has 0 bridgehead atoms. The lowest BCUT2D eigenvalue weighted by atomic mass is 9.92. The fourth-order valence-corrected chi connectivity index (χ4v) is 3.44. The first kappa shape index (κ1) is 19.7. The lowest BCUT2D eigenvalue weighted by molar-refractivity contribution is -0.131. The van der Waals surface area contributed by atoms with Crippen LogP contribution in [-0.4, -0.2) is 52.5 Å². The van der Waals surface area contributed by atoms with Crippen molar-refractivity contribution in [3.05, 3.63) is 24.0 Å². The van der Waals surface area contributed by atoms with Gasteiger partial charge in [-0.25, -0.2) is 9.78 Å². The number of nitriles is 1. The molecule has 1 saturated heterocycles. The summed E-state index contributed by atoms with van der Waals surface area (Å²) >= 11 is 0. The van der Waals surface area contributed by atoms with Gasteiger partial charge in [-0.05, 0) is 24.8 Å². The van der Waals surface area contributed by atoms with Crippen LogP contribution < -0.4 is 5.32 Å². The predicted molar refractivity (Wildman–Crippen MR) is 105 cm³/mol. The number of likely N-dealkylation sites (tertiary alicyclic amines) is 1. The maximum atomic E-state index is 12.6. The quantitative estimate of drug-likeness (QED) is 0.742. The number of fused-ring (bicyclic) bond motifs is 1. The predicted octanol–water partition coefficient (Wildman–Crippen LogP) is 2.69. The van der Waals surface area contributed by atoms with Gasteiger partial charge in [-0.2, -0.15) is 5.26 Å². The molecule has 1 aliphatic heterocycles. The van der Waals surface area contributed by atoms with Gasteiger partial charge in [0.05, 0.1) is 18.4 Å². The molecule has 1 aliphatic rings. The molecule has 3 rings (SSSR count). The van der Waals surface area contributed by atoms with E-state index in [2.05, 4.69) is 22.2 Å². The van der Waals surface area contributed by atoms with Crippen LogP contribution in [0.4, 0.5) is 5.69 Å². The average Bonchev–Trinajstić information content (AvgIpc) is 3.17. The number of rotatable bonds is 6. The van der Waals surface area contributed by atoms with Crippen LogP contribution in [0.5, 0.6) is 0 Å². The molecule has 2 aromatic rings. The first-order valence-electron chi connectivity index (χ1n) is 9.59. The number of anilines is 1. The Morgan fingerprint density at radius 2 is 2.32 bits per heavy atom. The van der Waals surface area contributed by atoms with E-state index in [1.807, 2.05) is 19.1 Å². The summed E-state index contributed by atoms with van der Waals surface area (Å²) < 4.78 is 5.32. The Labute approximate surface area is 163 Å². The van der Waals surface area contributed by atoms with Gasteiger partial charge in [0.1, 0.15) is 17.6 Å². The smallest absolute Gasteiger partial charge is 0.341 e. The lowest BCUT2D eigenvalue weighted by Gasteiger charge is -2.38. The van der Waals surface area contributed by atoms with Crippen molar-refractivity contribution in [1.29, 1.82) is 5.26 Å². The third kappa shape index (κ3) is 4.09. The number of nitrogens with one attached hydrogen (secondary N) is 2. The maximum Gasteiger partial charge on any atom is 0.341 e. The first-order valence-corrected chi connectivity index (χ1v) is 9.59. The zero-order valence-corrected chi connectivity index (χ0v) is 16.2. The zero-order chi connectivity index (χ0) is 20.1. The van der Waals surface area contributed by atoms with Crippen molar-refractivity contribution in [1.82, 2.24) is 14.9 Å². The summed E-state index contributed by atoms with van der Waals surface area (Å²) in [7, 11) is 0. The standard InChI is InChI=1S/C20H25N5O3/c1-3-10-28-20(27)15-11-23-19-14(5-8-22-19)18(15)24-16-12-25(9-6-13(16)2)17(26)4-7-21/h5,8,11,13,16H,3-4,6,9-10,12H2,1-2H3,(H2,22,23,24)/t13-,16+/m1/s1. The molecule has 3 heterocycles. The topological polar surface area (TPSA) is 111 Å². The third-order valence-corrected chi connectivity index (χ3v) is 5.11. The van der Waals surface area contributed by atoms with Gasteiger partial charge >= 0.3 is 5.97 Å². The van der Waals surface area contributed by atoms with E-state index in [0.29, 0.717) is 42.5 Å². The number of hydrogen-bond acceptors (Lipinski definition) is 6. The van der Waals surface area contributed by atoms with E-state index in [1.165, 1.54) is 6.20 Å². The molecule has 2 atom stereocenters. The molecule has 28 heavy (non-hydrogen) atoms. The SMILES string of the molecule is CCCOC(=O)c1cnc2[nH]ccc2c1N[C@H]1CN(C(=O)CC#N)CC[C@H]1C. The van der Waals surface area contributed by atoms with Crippen molar-refractivity contribution in [3.63, 3.8) is 0 Å². The molecule has 0 aliphatic carbocycles. The van der Waals surface area contributed by atoms with Gasteiger partial charge in [-0.15, -0.1) is 0 Å². The minimum atomic E-state index is -0.416. The Hall–Kier alpha value is -3.08. The van der Waals surface area contributed by atoms with Crippen LogP contribution >= 0.6 is 0 Å². The molecule has 0 spiro atoms. The highest BCUT2D eigenvalue weighted by Gasteiger charge is 2.30. The van der Waals surface area contributed by atoms with Crippen molar-refractivity contribution < 1.29 is 14.3 Å². The van der Waals surface area contributed by atoms with Crippen molar-refractivity contribution in [3.8, 4) is 6.07 Å². The van der Waals surface area contributed by atoms with Crippen molar-refractivity contribution >= 4 is 28.6 Å². The van der Waals surface area contributed by atoms with Gasteiger partial charge in [-0.3, -0.25) is 4.79 Å². The van der Waals surface area contributed by atoms with E-state index in [-0.39, 0.29) is 18.4 Å². The number of hydrogen-bond donors (Lipinski definition) is 2. The van der Waals surface area contributed by atoms with Crippen LogP contribution in [0, 0.1) is 17.2 Å². The molecule has 2 aromatic heterocycles. The first-order chi connectivity index (χ1) is 13.5. The highest BCUT2D eigenvalue weighted by atomic mass is 16.5. The van der Waals surface area contributed by atoms with Crippen LogP contribution in [0.15, 0.2) is 18.5 Å². The second-order valence-corrected chi connectivity index (χ2v) is 7.11. The number of amides is 1. The largest absolute Gasteiger partial charge is 0.462 e. The summed E-state index contributed by atoms with van der Waals surface area (Å²) in [5, 5.41) is 13.1. The molecular weight excluding hydrogens is 358 g/mol. The van der Waals surface area contributed by atoms with Crippen molar-refractivity contribution in [2.75, 3.05) is 25.0 Å². The maximum absolute atomic E-state index is 12.6. The lowest BCUT2D eigenvalue weighted by Crippen LogP contribution is -2.49. The van der Waals surface area contributed by atoms with Gasteiger partial charge < -0.3 is 19.9 Å². The molecule has 2 N–H and O–H groups in total.